The first-order valence-electron chi connectivity index (χ1n) is 5.85. The van der Waals surface area contributed by atoms with Crippen molar-refractivity contribution in [1.29, 1.82) is 0 Å². The van der Waals surface area contributed by atoms with Gasteiger partial charge in [0.2, 0.25) is 5.95 Å². The SMILES string of the molecule is Cc1noc(C)c1C(C)NC(=O)c1cccnc1F. The second kappa shape index (κ2) is 5.17. The Bertz CT molecular complexity index is 590. The summed E-state index contributed by atoms with van der Waals surface area (Å²) < 4.78 is 18.4. The Morgan fingerprint density at radius 3 is 2.79 bits per heavy atom. The highest BCUT2D eigenvalue weighted by Crippen LogP contribution is 2.21. The summed E-state index contributed by atoms with van der Waals surface area (Å²) in [4.78, 5) is 15.4. The van der Waals surface area contributed by atoms with Crippen molar-refractivity contribution in [2.75, 3.05) is 0 Å². The predicted octanol–water partition coefficient (Wildman–Crippen LogP) is 2.32. The molecule has 2 rings (SSSR count). The van der Waals surface area contributed by atoms with Crippen LogP contribution in [0.2, 0.25) is 0 Å². The Labute approximate surface area is 109 Å². The fraction of sp³-hybridized carbons (Fsp3) is 0.308. The molecule has 0 aliphatic rings. The van der Waals surface area contributed by atoms with Crippen molar-refractivity contribution in [3.05, 3.63) is 46.9 Å². The van der Waals surface area contributed by atoms with E-state index in [1.165, 1.54) is 18.3 Å². The molecule has 0 spiro atoms. The van der Waals surface area contributed by atoms with E-state index in [-0.39, 0.29) is 11.6 Å². The molecular formula is C13H14FN3O2. The molecule has 0 bridgehead atoms. The number of aryl methyl sites for hydroxylation is 2. The third kappa shape index (κ3) is 2.62. The maximum absolute atomic E-state index is 13.4. The highest BCUT2D eigenvalue weighted by atomic mass is 19.1. The van der Waals surface area contributed by atoms with Crippen molar-refractivity contribution in [3.8, 4) is 0 Å². The number of rotatable bonds is 3. The minimum atomic E-state index is -0.786. The van der Waals surface area contributed by atoms with Gasteiger partial charge in [0.15, 0.2) is 0 Å². The summed E-state index contributed by atoms with van der Waals surface area (Å²) in [5, 5.41) is 6.52. The number of amides is 1. The van der Waals surface area contributed by atoms with E-state index in [0.717, 1.165) is 5.56 Å². The number of carbonyl (C=O) groups is 1. The third-order valence-electron chi connectivity index (χ3n) is 2.87. The number of nitrogens with zero attached hydrogens (tertiary/aromatic N) is 2. The zero-order chi connectivity index (χ0) is 14.0. The van der Waals surface area contributed by atoms with Crippen LogP contribution in [0.1, 0.15) is 40.3 Å². The zero-order valence-electron chi connectivity index (χ0n) is 10.9. The van der Waals surface area contributed by atoms with Gasteiger partial charge in [0.25, 0.3) is 5.91 Å². The first-order chi connectivity index (χ1) is 9.00. The Morgan fingerprint density at radius 1 is 1.47 bits per heavy atom. The first kappa shape index (κ1) is 13.2. The molecule has 1 unspecified atom stereocenters. The molecule has 0 radical (unpaired) electrons. The molecule has 6 heteroatoms. The Balaban J connectivity index is 2.18. The van der Waals surface area contributed by atoms with Gasteiger partial charge >= 0.3 is 0 Å². The number of aromatic nitrogens is 2. The van der Waals surface area contributed by atoms with Crippen LogP contribution < -0.4 is 5.32 Å². The van der Waals surface area contributed by atoms with Crippen LogP contribution in [0.5, 0.6) is 0 Å². The molecule has 0 saturated carbocycles. The molecule has 0 fully saturated rings. The van der Waals surface area contributed by atoms with Crippen LogP contribution >= 0.6 is 0 Å². The molecule has 0 saturated heterocycles. The van der Waals surface area contributed by atoms with Crippen molar-refractivity contribution in [3.63, 3.8) is 0 Å². The molecule has 100 valence electrons. The number of hydrogen-bond acceptors (Lipinski definition) is 4. The fourth-order valence-electron chi connectivity index (χ4n) is 2.01. The normalized spacial score (nSPS) is 12.2. The van der Waals surface area contributed by atoms with E-state index >= 15 is 0 Å². The van der Waals surface area contributed by atoms with Gasteiger partial charge in [-0.15, -0.1) is 0 Å². The molecule has 1 amide bonds. The highest BCUT2D eigenvalue weighted by Gasteiger charge is 2.20. The van der Waals surface area contributed by atoms with Gasteiger partial charge in [0.05, 0.1) is 17.3 Å². The van der Waals surface area contributed by atoms with Crippen molar-refractivity contribution in [2.45, 2.75) is 26.8 Å². The molecule has 19 heavy (non-hydrogen) atoms. The van der Waals surface area contributed by atoms with E-state index in [1.807, 2.05) is 0 Å². The lowest BCUT2D eigenvalue weighted by atomic mass is 10.1. The molecule has 2 aromatic rings. The molecule has 0 aliphatic carbocycles. The number of pyridine rings is 1. The van der Waals surface area contributed by atoms with Crippen LogP contribution in [0.15, 0.2) is 22.9 Å². The maximum Gasteiger partial charge on any atom is 0.256 e. The van der Waals surface area contributed by atoms with Gasteiger partial charge in [-0.05, 0) is 32.9 Å². The first-order valence-corrected chi connectivity index (χ1v) is 5.85. The molecular weight excluding hydrogens is 249 g/mol. The molecule has 5 nitrogen and oxygen atoms in total. The zero-order valence-corrected chi connectivity index (χ0v) is 10.9. The van der Waals surface area contributed by atoms with Gasteiger partial charge in [-0.3, -0.25) is 4.79 Å². The quantitative estimate of drug-likeness (QED) is 0.863. The molecule has 0 aromatic carbocycles. The summed E-state index contributed by atoms with van der Waals surface area (Å²) in [7, 11) is 0. The second-order valence-corrected chi connectivity index (χ2v) is 4.27. The summed E-state index contributed by atoms with van der Waals surface area (Å²) in [6, 6.07) is 2.58. The van der Waals surface area contributed by atoms with Crippen LogP contribution in [0.3, 0.4) is 0 Å². The largest absolute Gasteiger partial charge is 0.361 e. The van der Waals surface area contributed by atoms with Crippen LogP contribution in [-0.2, 0) is 0 Å². The van der Waals surface area contributed by atoms with Crippen LogP contribution in [0, 0.1) is 19.8 Å². The minimum absolute atomic E-state index is 0.0823. The monoisotopic (exact) mass is 263 g/mol. The summed E-state index contributed by atoms with van der Waals surface area (Å²) in [6.45, 7) is 5.35. The average molecular weight is 263 g/mol. The second-order valence-electron chi connectivity index (χ2n) is 4.27. The summed E-state index contributed by atoms with van der Waals surface area (Å²) >= 11 is 0. The van der Waals surface area contributed by atoms with E-state index in [1.54, 1.807) is 20.8 Å². The van der Waals surface area contributed by atoms with Crippen LogP contribution in [0.4, 0.5) is 4.39 Å². The van der Waals surface area contributed by atoms with E-state index in [9.17, 15) is 9.18 Å². The van der Waals surface area contributed by atoms with Crippen molar-refractivity contribution in [1.82, 2.24) is 15.5 Å². The van der Waals surface area contributed by atoms with E-state index in [2.05, 4.69) is 15.5 Å². The van der Waals surface area contributed by atoms with Crippen LogP contribution in [-0.4, -0.2) is 16.0 Å². The Kier molecular flexibility index (Phi) is 3.59. The van der Waals surface area contributed by atoms with Gasteiger partial charge < -0.3 is 9.84 Å². The van der Waals surface area contributed by atoms with Crippen molar-refractivity contribution < 1.29 is 13.7 Å². The smallest absolute Gasteiger partial charge is 0.256 e. The van der Waals surface area contributed by atoms with E-state index in [4.69, 9.17) is 4.52 Å². The van der Waals surface area contributed by atoms with Gasteiger partial charge in [0.1, 0.15) is 5.76 Å². The third-order valence-corrected chi connectivity index (χ3v) is 2.87. The average Bonchev–Trinajstić information content (AvgIpc) is 2.69. The standard InChI is InChI=1S/C13H14FN3O2/c1-7(11-8(2)17-19-9(11)3)16-13(18)10-5-4-6-15-12(10)14/h4-7H,1-3H3,(H,16,18). The van der Waals surface area contributed by atoms with Crippen molar-refractivity contribution >= 4 is 5.91 Å². The summed E-state index contributed by atoms with van der Waals surface area (Å²) in [6.07, 6.45) is 1.30. The lowest BCUT2D eigenvalue weighted by Crippen LogP contribution is -2.28. The summed E-state index contributed by atoms with van der Waals surface area (Å²) in [5.74, 6) is -0.666. The van der Waals surface area contributed by atoms with E-state index < -0.39 is 11.9 Å². The van der Waals surface area contributed by atoms with Crippen molar-refractivity contribution in [2.24, 2.45) is 0 Å². The lowest BCUT2D eigenvalue weighted by Gasteiger charge is -2.13. The fourth-order valence-corrected chi connectivity index (χ4v) is 2.01. The molecule has 1 atom stereocenters. The minimum Gasteiger partial charge on any atom is -0.361 e. The number of hydrogen-bond donors (Lipinski definition) is 1. The predicted molar refractivity (Wildman–Crippen MR) is 66.1 cm³/mol. The molecule has 0 aliphatic heterocycles. The van der Waals surface area contributed by atoms with Gasteiger partial charge in [-0.25, -0.2) is 4.98 Å². The lowest BCUT2D eigenvalue weighted by molar-refractivity contribution is 0.0934. The van der Waals surface area contributed by atoms with E-state index in [0.29, 0.717) is 11.5 Å². The van der Waals surface area contributed by atoms with Gasteiger partial charge in [-0.1, -0.05) is 5.16 Å². The highest BCUT2D eigenvalue weighted by molar-refractivity contribution is 5.94. The van der Waals surface area contributed by atoms with Gasteiger partial charge in [0, 0.05) is 11.8 Å². The van der Waals surface area contributed by atoms with Crippen LogP contribution in [0.25, 0.3) is 0 Å². The Hall–Kier alpha value is -2.24. The number of halogens is 1. The number of nitrogens with one attached hydrogen (secondary N) is 1. The molecule has 1 N–H and O–H groups in total. The molecule has 2 heterocycles. The number of carbonyl (C=O) groups excluding carboxylic acids is 1. The van der Waals surface area contributed by atoms with Gasteiger partial charge in [-0.2, -0.15) is 4.39 Å². The Morgan fingerprint density at radius 2 is 2.21 bits per heavy atom. The summed E-state index contributed by atoms with van der Waals surface area (Å²) in [5.41, 5.74) is 1.43. The maximum atomic E-state index is 13.4. The topological polar surface area (TPSA) is 68.0 Å². The molecule has 2 aromatic heterocycles.